The van der Waals surface area contributed by atoms with Crippen LogP contribution in [0.2, 0.25) is 0 Å². The van der Waals surface area contributed by atoms with Crippen LogP contribution < -0.4 is 9.47 Å². The maximum Gasteiger partial charge on any atom is 0.330 e. The highest BCUT2D eigenvalue weighted by Gasteiger charge is 2.47. The lowest BCUT2D eigenvalue weighted by Gasteiger charge is -2.42. The van der Waals surface area contributed by atoms with E-state index in [2.05, 4.69) is 0 Å². The van der Waals surface area contributed by atoms with Gasteiger partial charge < -0.3 is 63.8 Å². The molecule has 0 radical (unpaired) electrons. The molecule has 14 nitrogen and oxygen atoms in total. The lowest BCUT2D eigenvalue weighted by atomic mass is 9.98. The third kappa shape index (κ3) is 6.98. The number of rotatable bonds is 10. The molecule has 0 bridgehead atoms. The van der Waals surface area contributed by atoms with Crippen LogP contribution in [0.15, 0.2) is 24.3 Å². The molecule has 0 aliphatic carbocycles. The highest BCUT2D eigenvalue weighted by atomic mass is 16.7. The van der Waals surface area contributed by atoms with Crippen LogP contribution >= 0.6 is 0 Å². The van der Waals surface area contributed by atoms with Gasteiger partial charge in [-0.25, -0.2) is 4.79 Å². The van der Waals surface area contributed by atoms with Gasteiger partial charge in [0.25, 0.3) is 0 Å². The Morgan fingerprint density at radius 1 is 0.789 bits per heavy atom. The van der Waals surface area contributed by atoms with Gasteiger partial charge in [-0.2, -0.15) is 0 Å². The maximum atomic E-state index is 12.2. The Labute approximate surface area is 218 Å². The van der Waals surface area contributed by atoms with Gasteiger partial charge in [-0.15, -0.1) is 0 Å². The van der Waals surface area contributed by atoms with E-state index in [1.54, 1.807) is 18.2 Å². The first-order chi connectivity index (χ1) is 18.1. The molecule has 0 spiro atoms. The molecule has 2 heterocycles. The molecule has 10 atom stereocenters. The van der Waals surface area contributed by atoms with Gasteiger partial charge in [-0.1, -0.05) is 6.07 Å². The van der Waals surface area contributed by atoms with Crippen LogP contribution in [0.5, 0.6) is 11.5 Å². The fourth-order valence-corrected chi connectivity index (χ4v) is 3.96. The van der Waals surface area contributed by atoms with Gasteiger partial charge in [-0.3, -0.25) is 0 Å². The highest BCUT2D eigenvalue weighted by molar-refractivity contribution is 5.87. The minimum Gasteiger partial charge on any atom is -0.493 e. The van der Waals surface area contributed by atoms with Gasteiger partial charge in [0.05, 0.1) is 20.8 Å². The molecular formula is C24H34O14. The Hall–Kier alpha value is -2.37. The predicted octanol–water partition coefficient (Wildman–Crippen LogP) is -2.46. The second-order valence-corrected chi connectivity index (χ2v) is 8.68. The number of ether oxygens (including phenoxy) is 7. The van der Waals surface area contributed by atoms with Crippen molar-refractivity contribution in [2.45, 2.75) is 61.4 Å². The first kappa shape index (κ1) is 30.2. The molecule has 0 aromatic heterocycles. The summed E-state index contributed by atoms with van der Waals surface area (Å²) >= 11 is 0. The monoisotopic (exact) mass is 546 g/mol. The van der Waals surface area contributed by atoms with Gasteiger partial charge >= 0.3 is 5.97 Å². The van der Waals surface area contributed by atoms with E-state index < -0.39 is 80.6 Å². The number of aliphatic hydroxyl groups excluding tert-OH is 6. The average molecular weight is 547 g/mol. The molecule has 0 saturated carbocycles. The number of aliphatic hydroxyl groups is 6. The summed E-state index contributed by atoms with van der Waals surface area (Å²) < 4.78 is 36.7. The van der Waals surface area contributed by atoms with E-state index in [1.807, 2.05) is 0 Å². The Morgan fingerprint density at radius 3 is 1.97 bits per heavy atom. The van der Waals surface area contributed by atoms with Crippen molar-refractivity contribution in [3.8, 4) is 11.5 Å². The van der Waals surface area contributed by atoms with Gasteiger partial charge in [-0.05, 0) is 23.8 Å². The van der Waals surface area contributed by atoms with Crippen LogP contribution in [0.1, 0.15) is 5.56 Å². The van der Waals surface area contributed by atoms with Crippen molar-refractivity contribution < 1.29 is 68.6 Å². The van der Waals surface area contributed by atoms with E-state index in [1.165, 1.54) is 27.4 Å². The topological polar surface area (TPSA) is 203 Å². The van der Waals surface area contributed by atoms with E-state index in [9.17, 15) is 35.4 Å². The molecule has 214 valence electrons. The molecule has 14 heteroatoms. The lowest BCUT2D eigenvalue weighted by Crippen LogP contribution is -2.61. The average Bonchev–Trinajstić information content (AvgIpc) is 2.93. The summed E-state index contributed by atoms with van der Waals surface area (Å²) in [6.45, 7) is -0.935. The van der Waals surface area contributed by atoms with Crippen LogP contribution in [-0.4, -0.2) is 133 Å². The molecule has 2 fully saturated rings. The van der Waals surface area contributed by atoms with Crippen LogP contribution in [0.4, 0.5) is 0 Å². The second kappa shape index (κ2) is 13.6. The van der Waals surface area contributed by atoms with E-state index in [-0.39, 0.29) is 0 Å². The largest absolute Gasteiger partial charge is 0.493 e. The highest BCUT2D eigenvalue weighted by Crippen LogP contribution is 2.28. The summed E-state index contributed by atoms with van der Waals surface area (Å²) in [5.74, 6) is 0.213. The molecule has 0 amide bonds. The molecule has 1 aromatic carbocycles. The van der Waals surface area contributed by atoms with Crippen molar-refractivity contribution in [1.29, 1.82) is 0 Å². The van der Waals surface area contributed by atoms with Crippen molar-refractivity contribution in [1.82, 2.24) is 0 Å². The maximum absolute atomic E-state index is 12.2. The van der Waals surface area contributed by atoms with Crippen molar-refractivity contribution in [2.75, 3.05) is 34.5 Å². The zero-order chi connectivity index (χ0) is 28.0. The third-order valence-corrected chi connectivity index (χ3v) is 6.20. The van der Waals surface area contributed by atoms with Gasteiger partial charge in [0.1, 0.15) is 55.4 Å². The predicted molar refractivity (Wildman–Crippen MR) is 126 cm³/mol. The first-order valence-electron chi connectivity index (χ1n) is 11.7. The first-order valence-corrected chi connectivity index (χ1v) is 11.7. The van der Waals surface area contributed by atoms with E-state index in [0.717, 1.165) is 6.08 Å². The Morgan fingerprint density at radius 2 is 1.37 bits per heavy atom. The molecule has 1 aromatic rings. The fraction of sp³-hybridized carbons (Fsp3) is 0.625. The summed E-state index contributed by atoms with van der Waals surface area (Å²) in [7, 11) is 4.21. The molecular weight excluding hydrogens is 512 g/mol. The van der Waals surface area contributed by atoms with E-state index in [0.29, 0.717) is 17.1 Å². The number of esters is 1. The summed E-state index contributed by atoms with van der Waals surface area (Å²) in [6, 6.07) is 5.01. The smallest absolute Gasteiger partial charge is 0.330 e. The van der Waals surface area contributed by atoms with Crippen LogP contribution in [0.3, 0.4) is 0 Å². The molecule has 6 N–H and O–H groups in total. The van der Waals surface area contributed by atoms with Crippen molar-refractivity contribution in [2.24, 2.45) is 0 Å². The minimum atomic E-state index is -1.71. The second-order valence-electron chi connectivity index (χ2n) is 8.68. The summed E-state index contributed by atoms with van der Waals surface area (Å²) in [6.07, 6.45) is -12.3. The van der Waals surface area contributed by atoms with Crippen molar-refractivity contribution in [3.05, 3.63) is 29.8 Å². The number of hydrogen-bond donors (Lipinski definition) is 6. The Bertz CT molecular complexity index is 939. The van der Waals surface area contributed by atoms with Gasteiger partial charge in [0.2, 0.25) is 0 Å². The third-order valence-electron chi connectivity index (χ3n) is 6.20. The van der Waals surface area contributed by atoms with Crippen molar-refractivity contribution >= 4 is 12.0 Å². The van der Waals surface area contributed by atoms with E-state index in [4.69, 9.17) is 33.2 Å². The van der Waals surface area contributed by atoms with E-state index >= 15 is 0 Å². The SMILES string of the molecule is COc1ccc(C=CC(=O)OCC2OC(OCC3OC(OC)C(O)C(O)C3O)C(O)C(O)C2O)cc1OC. The quantitative estimate of drug-likeness (QED) is 0.133. The Balaban J connectivity index is 1.56. The number of hydrogen-bond acceptors (Lipinski definition) is 14. The molecule has 2 aliphatic heterocycles. The minimum absolute atomic E-state index is 0.448. The number of benzene rings is 1. The molecule has 2 saturated heterocycles. The Kier molecular flexibility index (Phi) is 10.8. The van der Waals surface area contributed by atoms with Crippen LogP contribution in [-0.2, 0) is 28.5 Å². The van der Waals surface area contributed by atoms with Crippen LogP contribution in [0.25, 0.3) is 6.08 Å². The fourth-order valence-electron chi connectivity index (χ4n) is 3.96. The number of carbonyl (C=O) groups excluding carboxylic acids is 1. The van der Waals surface area contributed by atoms with Crippen LogP contribution in [0, 0.1) is 0 Å². The molecule has 38 heavy (non-hydrogen) atoms. The van der Waals surface area contributed by atoms with Gasteiger partial charge in [0.15, 0.2) is 24.1 Å². The standard InChI is InChI=1S/C24H34O14/c1-32-12-6-4-11(8-13(12)33-2)5-7-16(25)35-9-14-17(26)20(29)22(31)24(38-14)36-10-15-18(27)19(28)21(30)23(34-3)37-15/h4-8,14-15,17-24,26-31H,9-10H2,1-3H3. The normalized spacial score (nSPS) is 35.7. The summed E-state index contributed by atoms with van der Waals surface area (Å²) in [5, 5.41) is 60.8. The lowest BCUT2D eigenvalue weighted by molar-refractivity contribution is -0.328. The number of carbonyl (C=O) groups is 1. The molecule has 10 unspecified atom stereocenters. The number of methoxy groups -OCH3 is 3. The zero-order valence-corrected chi connectivity index (χ0v) is 21.0. The molecule has 3 rings (SSSR count). The molecule has 2 aliphatic rings. The summed E-state index contributed by atoms with van der Waals surface area (Å²) in [4.78, 5) is 12.2. The van der Waals surface area contributed by atoms with Crippen molar-refractivity contribution in [3.63, 3.8) is 0 Å². The summed E-state index contributed by atoms with van der Waals surface area (Å²) in [5.41, 5.74) is 0.626. The zero-order valence-electron chi connectivity index (χ0n) is 21.0. The van der Waals surface area contributed by atoms with Gasteiger partial charge in [0, 0.05) is 13.2 Å².